The highest BCUT2D eigenvalue weighted by Gasteiger charge is 2.31. The van der Waals surface area contributed by atoms with Gasteiger partial charge < -0.3 is 4.74 Å². The Kier molecular flexibility index (Phi) is 2.07. The number of hydrogen-bond donors (Lipinski definition) is 0. The Bertz CT molecular complexity index is 123. The molecule has 9 heavy (non-hydrogen) atoms. The molecule has 1 aliphatic rings. The third kappa shape index (κ3) is 1.69. The summed E-state index contributed by atoms with van der Waals surface area (Å²) < 4.78 is 5.15. The molecule has 1 rings (SSSR count). The van der Waals surface area contributed by atoms with E-state index in [9.17, 15) is 0 Å². The van der Waals surface area contributed by atoms with Crippen molar-refractivity contribution in [2.24, 2.45) is 5.92 Å². The maximum atomic E-state index is 8.49. The van der Waals surface area contributed by atoms with Gasteiger partial charge in [-0.15, -0.1) is 0 Å². The van der Waals surface area contributed by atoms with Crippen LogP contribution in [0.3, 0.4) is 0 Å². The van der Waals surface area contributed by atoms with Crippen LogP contribution in [-0.2, 0) is 4.74 Å². The van der Waals surface area contributed by atoms with E-state index in [1.807, 2.05) is 6.92 Å². The van der Waals surface area contributed by atoms with E-state index >= 15 is 0 Å². The highest BCUT2D eigenvalue weighted by Crippen LogP contribution is 2.33. The van der Waals surface area contributed by atoms with Gasteiger partial charge in [-0.1, -0.05) is 0 Å². The molecule has 0 amide bonds. The van der Waals surface area contributed by atoms with Crippen LogP contribution in [0.5, 0.6) is 0 Å². The minimum atomic E-state index is -0.116. The molecular weight excluding hydrogens is 114 g/mol. The molecule has 0 aliphatic heterocycles. The second kappa shape index (κ2) is 2.84. The second-order valence-corrected chi connectivity index (χ2v) is 2.34. The average Bonchev–Trinajstić information content (AvgIpc) is 2.64. The molecule has 0 aromatic carbocycles. The lowest BCUT2D eigenvalue weighted by molar-refractivity contribution is 0.0865. The van der Waals surface area contributed by atoms with Crippen molar-refractivity contribution in [2.45, 2.75) is 25.9 Å². The molecule has 1 atom stereocenters. The lowest BCUT2D eigenvalue weighted by Crippen LogP contribution is -2.11. The highest BCUT2D eigenvalue weighted by atomic mass is 16.5. The summed E-state index contributed by atoms with van der Waals surface area (Å²) in [6.45, 7) is 2.58. The SMILES string of the molecule is CCOC(C#N)C1CC1. The Morgan fingerprint density at radius 2 is 2.44 bits per heavy atom. The van der Waals surface area contributed by atoms with Gasteiger partial charge in [0.05, 0.1) is 6.07 Å². The standard InChI is InChI=1S/C7H11NO/c1-2-9-7(5-8)6-3-4-6/h6-7H,2-4H2,1H3. The predicted molar refractivity (Wildman–Crippen MR) is 33.8 cm³/mol. The van der Waals surface area contributed by atoms with Crippen LogP contribution in [0, 0.1) is 17.2 Å². The Morgan fingerprint density at radius 3 is 2.78 bits per heavy atom. The first-order valence-electron chi connectivity index (χ1n) is 3.39. The highest BCUT2D eigenvalue weighted by molar-refractivity contribution is 4.96. The first-order chi connectivity index (χ1) is 4.38. The summed E-state index contributed by atoms with van der Waals surface area (Å²) in [5, 5.41) is 8.49. The van der Waals surface area contributed by atoms with Crippen molar-refractivity contribution in [3.63, 3.8) is 0 Å². The molecule has 0 N–H and O–H groups in total. The number of rotatable bonds is 3. The van der Waals surface area contributed by atoms with Gasteiger partial charge in [-0.25, -0.2) is 0 Å². The average molecular weight is 125 g/mol. The molecule has 50 valence electrons. The fourth-order valence-corrected chi connectivity index (χ4v) is 0.857. The van der Waals surface area contributed by atoms with Crippen LogP contribution in [-0.4, -0.2) is 12.7 Å². The summed E-state index contributed by atoms with van der Waals surface area (Å²) in [5.74, 6) is 0.551. The number of nitriles is 1. The zero-order valence-corrected chi connectivity index (χ0v) is 5.63. The van der Waals surface area contributed by atoms with Gasteiger partial charge in [0, 0.05) is 6.61 Å². The molecule has 2 heteroatoms. The van der Waals surface area contributed by atoms with Gasteiger partial charge in [-0.3, -0.25) is 0 Å². The summed E-state index contributed by atoms with van der Waals surface area (Å²) >= 11 is 0. The minimum absolute atomic E-state index is 0.116. The summed E-state index contributed by atoms with van der Waals surface area (Å²) in [6.07, 6.45) is 2.24. The van der Waals surface area contributed by atoms with Gasteiger partial charge >= 0.3 is 0 Å². The maximum absolute atomic E-state index is 8.49. The quantitative estimate of drug-likeness (QED) is 0.570. The third-order valence-electron chi connectivity index (χ3n) is 1.52. The van der Waals surface area contributed by atoms with Gasteiger partial charge in [0.25, 0.3) is 0 Å². The van der Waals surface area contributed by atoms with E-state index in [4.69, 9.17) is 10.00 Å². The van der Waals surface area contributed by atoms with Crippen LogP contribution in [0.4, 0.5) is 0 Å². The van der Waals surface area contributed by atoms with Crippen molar-refractivity contribution in [2.75, 3.05) is 6.61 Å². The first kappa shape index (κ1) is 6.57. The summed E-state index contributed by atoms with van der Waals surface area (Å²) in [4.78, 5) is 0. The summed E-state index contributed by atoms with van der Waals surface area (Å²) in [6, 6.07) is 2.14. The number of nitrogens with zero attached hydrogens (tertiary/aromatic N) is 1. The monoisotopic (exact) mass is 125 g/mol. The zero-order valence-electron chi connectivity index (χ0n) is 5.63. The van der Waals surface area contributed by atoms with Crippen molar-refractivity contribution in [3.8, 4) is 6.07 Å². The lowest BCUT2D eigenvalue weighted by atomic mass is 10.2. The van der Waals surface area contributed by atoms with Gasteiger partial charge in [0.15, 0.2) is 0 Å². The lowest BCUT2D eigenvalue weighted by Gasteiger charge is -2.04. The number of hydrogen-bond acceptors (Lipinski definition) is 2. The van der Waals surface area contributed by atoms with Gasteiger partial charge in [0.2, 0.25) is 0 Å². The second-order valence-electron chi connectivity index (χ2n) is 2.34. The summed E-state index contributed by atoms with van der Waals surface area (Å²) in [7, 11) is 0. The van der Waals surface area contributed by atoms with Crippen molar-refractivity contribution < 1.29 is 4.74 Å². The Morgan fingerprint density at radius 1 is 1.78 bits per heavy atom. The van der Waals surface area contributed by atoms with E-state index in [2.05, 4.69) is 6.07 Å². The van der Waals surface area contributed by atoms with Crippen molar-refractivity contribution in [1.29, 1.82) is 5.26 Å². The molecule has 1 saturated carbocycles. The normalized spacial score (nSPS) is 20.9. The van der Waals surface area contributed by atoms with Gasteiger partial charge in [0.1, 0.15) is 6.10 Å². The minimum Gasteiger partial charge on any atom is -0.363 e. The maximum Gasteiger partial charge on any atom is 0.146 e. The van der Waals surface area contributed by atoms with E-state index in [0.29, 0.717) is 12.5 Å². The topological polar surface area (TPSA) is 33.0 Å². The molecule has 1 fully saturated rings. The third-order valence-corrected chi connectivity index (χ3v) is 1.52. The molecular formula is C7H11NO. The fraction of sp³-hybridized carbons (Fsp3) is 0.857. The Labute approximate surface area is 55.4 Å². The predicted octanol–water partition coefficient (Wildman–Crippen LogP) is 1.33. The van der Waals surface area contributed by atoms with Crippen molar-refractivity contribution in [3.05, 3.63) is 0 Å². The molecule has 0 spiro atoms. The number of ether oxygens (including phenoxy) is 1. The molecule has 0 aromatic rings. The smallest absolute Gasteiger partial charge is 0.146 e. The van der Waals surface area contributed by atoms with Crippen LogP contribution in [0.2, 0.25) is 0 Å². The van der Waals surface area contributed by atoms with Gasteiger partial charge in [-0.2, -0.15) is 5.26 Å². The summed E-state index contributed by atoms with van der Waals surface area (Å²) in [5.41, 5.74) is 0. The van der Waals surface area contributed by atoms with Crippen molar-refractivity contribution in [1.82, 2.24) is 0 Å². The molecule has 0 saturated heterocycles. The van der Waals surface area contributed by atoms with Crippen LogP contribution < -0.4 is 0 Å². The van der Waals surface area contributed by atoms with Crippen LogP contribution in [0.25, 0.3) is 0 Å². The first-order valence-corrected chi connectivity index (χ1v) is 3.39. The van der Waals surface area contributed by atoms with E-state index in [-0.39, 0.29) is 6.10 Å². The molecule has 1 unspecified atom stereocenters. The van der Waals surface area contributed by atoms with Crippen LogP contribution >= 0.6 is 0 Å². The molecule has 0 aromatic heterocycles. The zero-order chi connectivity index (χ0) is 6.69. The Balaban J connectivity index is 2.23. The molecule has 0 bridgehead atoms. The van der Waals surface area contributed by atoms with E-state index < -0.39 is 0 Å². The molecule has 0 radical (unpaired) electrons. The van der Waals surface area contributed by atoms with E-state index in [1.165, 1.54) is 12.8 Å². The molecule has 1 aliphatic carbocycles. The largest absolute Gasteiger partial charge is 0.363 e. The molecule has 0 heterocycles. The van der Waals surface area contributed by atoms with Crippen LogP contribution in [0.1, 0.15) is 19.8 Å². The van der Waals surface area contributed by atoms with Crippen LogP contribution in [0.15, 0.2) is 0 Å². The van der Waals surface area contributed by atoms with E-state index in [0.717, 1.165) is 0 Å². The fourth-order valence-electron chi connectivity index (χ4n) is 0.857. The Hall–Kier alpha value is -0.550. The van der Waals surface area contributed by atoms with Gasteiger partial charge in [-0.05, 0) is 25.7 Å². The molecule has 2 nitrogen and oxygen atoms in total. The van der Waals surface area contributed by atoms with Crippen molar-refractivity contribution >= 4 is 0 Å². The van der Waals surface area contributed by atoms with E-state index in [1.54, 1.807) is 0 Å².